The number of hydrogen-bond acceptors (Lipinski definition) is 5. The fraction of sp³-hybridized carbons (Fsp3) is 0.263. The van der Waals surface area contributed by atoms with Crippen LogP contribution in [-0.2, 0) is 6.54 Å². The van der Waals surface area contributed by atoms with E-state index in [-0.39, 0.29) is 23.9 Å². The van der Waals surface area contributed by atoms with Crippen molar-refractivity contribution in [3.05, 3.63) is 42.0 Å². The summed E-state index contributed by atoms with van der Waals surface area (Å²) in [7, 11) is 2.74. The third kappa shape index (κ3) is 4.93. The molecule has 0 aromatic heterocycles. The van der Waals surface area contributed by atoms with Gasteiger partial charge >= 0.3 is 6.61 Å². The molecule has 0 amide bonds. The Bertz CT molecular complexity index is 749. The van der Waals surface area contributed by atoms with Crippen molar-refractivity contribution >= 4 is 5.69 Å². The highest BCUT2D eigenvalue weighted by Gasteiger charge is 2.18. The molecule has 0 fully saturated rings. The van der Waals surface area contributed by atoms with Gasteiger partial charge in [-0.05, 0) is 29.8 Å². The molecular formula is C19H19F2NO4. The monoisotopic (exact) mass is 363 g/mol. The molecule has 0 aliphatic carbocycles. The summed E-state index contributed by atoms with van der Waals surface area (Å²) in [5.41, 5.74) is 1.49. The third-order valence-corrected chi connectivity index (χ3v) is 3.41. The summed E-state index contributed by atoms with van der Waals surface area (Å²) < 4.78 is 45.5. The number of methoxy groups -OCH3 is 2. The van der Waals surface area contributed by atoms with Crippen molar-refractivity contribution in [1.29, 1.82) is 0 Å². The van der Waals surface area contributed by atoms with Crippen molar-refractivity contribution in [2.45, 2.75) is 13.2 Å². The SMILES string of the molecule is C#CCOc1ccccc1NCc1cc(OC)c(OC(F)F)c(OC)c1. The Hall–Kier alpha value is -3.14. The Morgan fingerprint density at radius 3 is 2.31 bits per heavy atom. The van der Waals surface area contributed by atoms with Crippen LogP contribution < -0.4 is 24.3 Å². The molecule has 0 unspecified atom stereocenters. The summed E-state index contributed by atoms with van der Waals surface area (Å²) >= 11 is 0. The van der Waals surface area contributed by atoms with Crippen LogP contribution in [0.1, 0.15) is 5.56 Å². The van der Waals surface area contributed by atoms with Crippen LogP contribution in [0, 0.1) is 12.3 Å². The summed E-state index contributed by atoms with van der Waals surface area (Å²) in [4.78, 5) is 0. The van der Waals surface area contributed by atoms with Crippen LogP contribution >= 0.6 is 0 Å². The minimum Gasteiger partial charge on any atom is -0.493 e. The number of alkyl halides is 2. The van der Waals surface area contributed by atoms with Gasteiger partial charge in [-0.15, -0.1) is 6.42 Å². The second-order valence-corrected chi connectivity index (χ2v) is 5.05. The van der Waals surface area contributed by atoms with Crippen LogP contribution in [0.3, 0.4) is 0 Å². The van der Waals surface area contributed by atoms with Crippen molar-refractivity contribution in [3.8, 4) is 35.3 Å². The van der Waals surface area contributed by atoms with Gasteiger partial charge in [0.1, 0.15) is 12.4 Å². The van der Waals surface area contributed by atoms with Crippen molar-refractivity contribution in [3.63, 3.8) is 0 Å². The fourth-order valence-electron chi connectivity index (χ4n) is 2.30. The number of halogens is 2. The Morgan fingerprint density at radius 2 is 1.73 bits per heavy atom. The van der Waals surface area contributed by atoms with Crippen molar-refractivity contribution in [2.75, 3.05) is 26.1 Å². The minimum atomic E-state index is -2.98. The second kappa shape index (κ2) is 9.37. The van der Waals surface area contributed by atoms with Crippen LogP contribution in [0.5, 0.6) is 23.0 Å². The topological polar surface area (TPSA) is 49.0 Å². The lowest BCUT2D eigenvalue weighted by Crippen LogP contribution is -2.07. The lowest BCUT2D eigenvalue weighted by atomic mass is 10.1. The Labute approximate surface area is 150 Å². The zero-order chi connectivity index (χ0) is 18.9. The van der Waals surface area contributed by atoms with Gasteiger partial charge in [0.05, 0.1) is 19.9 Å². The molecule has 0 aliphatic rings. The van der Waals surface area contributed by atoms with E-state index in [1.165, 1.54) is 14.2 Å². The molecule has 0 saturated heterocycles. The van der Waals surface area contributed by atoms with Gasteiger partial charge in [-0.2, -0.15) is 8.78 Å². The Kier molecular flexibility index (Phi) is 6.92. The maximum absolute atomic E-state index is 12.6. The molecule has 5 nitrogen and oxygen atoms in total. The molecular weight excluding hydrogens is 344 g/mol. The predicted molar refractivity (Wildman–Crippen MR) is 94.3 cm³/mol. The van der Waals surface area contributed by atoms with E-state index in [9.17, 15) is 8.78 Å². The molecule has 0 heterocycles. The number of rotatable bonds is 9. The maximum atomic E-state index is 12.6. The lowest BCUT2D eigenvalue weighted by molar-refractivity contribution is -0.0526. The normalized spacial score (nSPS) is 10.2. The van der Waals surface area contributed by atoms with Gasteiger partial charge in [0, 0.05) is 6.54 Å². The van der Waals surface area contributed by atoms with Gasteiger partial charge in [0.2, 0.25) is 5.75 Å². The van der Waals surface area contributed by atoms with Crippen LogP contribution in [-0.4, -0.2) is 27.4 Å². The number of nitrogens with one attached hydrogen (secondary N) is 1. The summed E-state index contributed by atoms with van der Waals surface area (Å²) in [6.45, 7) is -2.46. The number of hydrogen-bond donors (Lipinski definition) is 1. The highest BCUT2D eigenvalue weighted by atomic mass is 19.3. The number of para-hydroxylation sites is 2. The Balaban J connectivity index is 2.21. The molecule has 0 spiro atoms. The first-order chi connectivity index (χ1) is 12.6. The molecule has 0 saturated carbocycles. The molecule has 0 aliphatic heterocycles. The molecule has 0 atom stereocenters. The molecule has 2 rings (SSSR count). The first-order valence-electron chi connectivity index (χ1n) is 7.68. The highest BCUT2D eigenvalue weighted by molar-refractivity contribution is 5.58. The highest BCUT2D eigenvalue weighted by Crippen LogP contribution is 2.39. The smallest absolute Gasteiger partial charge is 0.387 e. The molecule has 2 aromatic rings. The average molecular weight is 363 g/mol. The maximum Gasteiger partial charge on any atom is 0.387 e. The van der Waals surface area contributed by atoms with Crippen LogP contribution in [0.2, 0.25) is 0 Å². The van der Waals surface area contributed by atoms with Gasteiger partial charge in [0.25, 0.3) is 0 Å². The van der Waals surface area contributed by atoms with E-state index in [1.807, 2.05) is 18.2 Å². The fourth-order valence-corrected chi connectivity index (χ4v) is 2.30. The van der Waals surface area contributed by atoms with E-state index in [0.29, 0.717) is 12.3 Å². The van der Waals surface area contributed by atoms with Crippen molar-refractivity contribution < 1.29 is 27.7 Å². The molecule has 7 heteroatoms. The molecule has 1 N–H and O–H groups in total. The van der Waals surface area contributed by atoms with Gasteiger partial charge in [-0.1, -0.05) is 18.1 Å². The zero-order valence-electron chi connectivity index (χ0n) is 14.4. The van der Waals surface area contributed by atoms with Crippen LogP contribution in [0.4, 0.5) is 14.5 Å². The largest absolute Gasteiger partial charge is 0.493 e. The summed E-state index contributed by atoms with van der Waals surface area (Å²) in [6.07, 6.45) is 5.22. The lowest BCUT2D eigenvalue weighted by Gasteiger charge is -2.16. The van der Waals surface area contributed by atoms with Gasteiger partial charge in [-0.25, -0.2) is 0 Å². The minimum absolute atomic E-state index is 0.147. The van der Waals surface area contributed by atoms with E-state index >= 15 is 0 Å². The molecule has 26 heavy (non-hydrogen) atoms. The van der Waals surface area contributed by atoms with E-state index in [1.54, 1.807) is 18.2 Å². The van der Waals surface area contributed by atoms with Crippen molar-refractivity contribution in [2.24, 2.45) is 0 Å². The quantitative estimate of drug-likeness (QED) is 0.684. The first-order valence-corrected chi connectivity index (χ1v) is 7.68. The van der Waals surface area contributed by atoms with E-state index in [2.05, 4.69) is 16.0 Å². The number of benzene rings is 2. The first kappa shape index (κ1) is 19.2. The van der Waals surface area contributed by atoms with E-state index in [4.69, 9.17) is 20.6 Å². The summed E-state index contributed by atoms with van der Waals surface area (Å²) in [6, 6.07) is 10.5. The van der Waals surface area contributed by atoms with E-state index in [0.717, 1.165) is 11.3 Å². The standard InChI is InChI=1S/C19H19F2NO4/c1-4-9-25-15-8-6-5-7-14(15)22-12-13-10-16(23-2)18(26-19(20)21)17(11-13)24-3/h1,5-8,10-11,19,22H,9,12H2,2-3H3. The molecule has 138 valence electrons. The molecule has 2 aromatic carbocycles. The summed E-state index contributed by atoms with van der Waals surface area (Å²) in [5, 5.41) is 3.21. The van der Waals surface area contributed by atoms with E-state index < -0.39 is 6.61 Å². The average Bonchev–Trinajstić information content (AvgIpc) is 2.65. The van der Waals surface area contributed by atoms with Crippen LogP contribution in [0.15, 0.2) is 36.4 Å². The van der Waals surface area contributed by atoms with Crippen LogP contribution in [0.25, 0.3) is 0 Å². The van der Waals surface area contributed by atoms with Gasteiger partial charge < -0.3 is 24.3 Å². The number of anilines is 1. The predicted octanol–water partition coefficient (Wildman–Crippen LogP) is 3.93. The van der Waals surface area contributed by atoms with Crippen molar-refractivity contribution in [1.82, 2.24) is 0 Å². The number of terminal acetylenes is 1. The molecule has 0 bridgehead atoms. The molecule has 0 radical (unpaired) electrons. The zero-order valence-corrected chi connectivity index (χ0v) is 14.4. The van der Waals surface area contributed by atoms with Gasteiger partial charge in [-0.3, -0.25) is 0 Å². The number of ether oxygens (including phenoxy) is 4. The third-order valence-electron chi connectivity index (χ3n) is 3.41. The second-order valence-electron chi connectivity index (χ2n) is 5.05. The summed E-state index contributed by atoms with van der Waals surface area (Å²) in [5.74, 6) is 3.18. The van der Waals surface area contributed by atoms with Gasteiger partial charge in [0.15, 0.2) is 11.5 Å². The Morgan fingerprint density at radius 1 is 1.08 bits per heavy atom.